The summed E-state index contributed by atoms with van der Waals surface area (Å²) in [6, 6.07) is 1.55. The van der Waals surface area contributed by atoms with Gasteiger partial charge in [0, 0.05) is 25.6 Å². The molecule has 2 aliphatic heterocycles. The van der Waals surface area contributed by atoms with E-state index in [1.165, 1.54) is 17.6 Å². The van der Waals surface area contributed by atoms with E-state index in [1.54, 1.807) is 18.3 Å². The van der Waals surface area contributed by atoms with Crippen LogP contribution in [-0.2, 0) is 27.9 Å². The Morgan fingerprint density at radius 3 is 2.08 bits per heavy atom. The molecule has 3 rings (SSSR count). The molecule has 1 N–H and O–H groups in total. The number of nitrogens with one attached hydrogen (secondary N) is 1. The van der Waals surface area contributed by atoms with Crippen LogP contribution < -0.4 is 11.0 Å². The molecule has 5 atom stereocenters. The SMILES string of the molecule is CC(=O)Nc1ccn([C@@H]2O[C@H]([C@@H]3CC=CC(=O)O3)[C@@H](O[Si](C)(C)C(C)(C)C)[C@H]2O[Si](C)(C)C(C)(C)C)c(=O)n1. The molecule has 0 aliphatic carbocycles. The van der Waals surface area contributed by atoms with Gasteiger partial charge in [0.15, 0.2) is 22.9 Å². The quantitative estimate of drug-likeness (QED) is 0.363. The summed E-state index contributed by atoms with van der Waals surface area (Å²) < 4.78 is 27.7. The number of esters is 1. The van der Waals surface area contributed by atoms with E-state index in [-0.39, 0.29) is 21.8 Å². The Morgan fingerprint density at radius 2 is 1.59 bits per heavy atom. The van der Waals surface area contributed by atoms with E-state index < -0.39 is 58.9 Å². The van der Waals surface area contributed by atoms with Crippen molar-refractivity contribution in [2.75, 3.05) is 5.32 Å². The fourth-order valence-electron chi connectivity index (χ4n) is 4.07. The Morgan fingerprint density at radius 1 is 1.03 bits per heavy atom. The lowest BCUT2D eigenvalue weighted by atomic mass is 10.0. The molecule has 39 heavy (non-hydrogen) atoms. The largest absolute Gasteiger partial charge is 0.456 e. The van der Waals surface area contributed by atoms with E-state index >= 15 is 0 Å². The van der Waals surface area contributed by atoms with Crippen LogP contribution in [0.4, 0.5) is 5.82 Å². The van der Waals surface area contributed by atoms with Gasteiger partial charge in [0.1, 0.15) is 30.2 Å². The predicted molar refractivity (Wildman–Crippen MR) is 154 cm³/mol. The Bertz CT molecular complexity index is 1170. The van der Waals surface area contributed by atoms with Gasteiger partial charge in [-0.3, -0.25) is 9.36 Å². The Kier molecular flexibility index (Phi) is 8.89. The molecular weight excluding hydrogens is 534 g/mol. The third-order valence-corrected chi connectivity index (χ3v) is 17.3. The first kappa shape index (κ1) is 31.4. The first-order valence-electron chi connectivity index (χ1n) is 13.5. The number of amides is 1. The summed E-state index contributed by atoms with van der Waals surface area (Å²) in [7, 11) is -4.79. The molecule has 3 heterocycles. The molecule has 0 saturated carbocycles. The minimum Gasteiger partial charge on any atom is -0.456 e. The van der Waals surface area contributed by atoms with Gasteiger partial charge in [0.05, 0.1) is 0 Å². The fourth-order valence-corrected chi connectivity index (χ4v) is 6.66. The number of cyclic esters (lactones) is 1. The van der Waals surface area contributed by atoms with E-state index in [9.17, 15) is 14.4 Å². The standard InChI is InChI=1S/C27H45N3O7Si2/c1-17(31)28-19-15-16-30(25(33)29-19)24-23(37-39(10,11)27(5,6)7)22(36-38(8,9)26(2,3)4)21(35-24)18-13-12-14-20(32)34-18/h12,14-16,18,21-24H,13H2,1-11H3,(H,28,29,31,33)/t18-,21+,22+,23+,24+/m0/s1. The predicted octanol–water partition coefficient (Wildman–Crippen LogP) is 4.75. The smallest absolute Gasteiger partial charge is 0.351 e. The van der Waals surface area contributed by atoms with Gasteiger partial charge in [-0.1, -0.05) is 47.6 Å². The summed E-state index contributed by atoms with van der Waals surface area (Å²) in [6.45, 7) is 22.9. The summed E-state index contributed by atoms with van der Waals surface area (Å²) in [4.78, 5) is 41.0. The molecule has 1 saturated heterocycles. The Hall–Kier alpha value is -2.13. The zero-order chi connectivity index (χ0) is 29.6. The number of rotatable bonds is 7. The van der Waals surface area contributed by atoms with Gasteiger partial charge >= 0.3 is 11.7 Å². The second kappa shape index (κ2) is 11.0. The van der Waals surface area contributed by atoms with Crippen LogP contribution in [0.3, 0.4) is 0 Å². The highest BCUT2D eigenvalue weighted by molar-refractivity contribution is 6.74. The van der Waals surface area contributed by atoms with Crippen molar-refractivity contribution in [3.05, 3.63) is 34.9 Å². The maximum atomic E-state index is 13.3. The lowest BCUT2D eigenvalue weighted by Crippen LogP contribution is -2.55. The minimum absolute atomic E-state index is 0.112. The third-order valence-electron chi connectivity index (χ3n) is 8.36. The van der Waals surface area contributed by atoms with Crippen LogP contribution in [0.5, 0.6) is 0 Å². The molecular formula is C27H45N3O7Si2. The van der Waals surface area contributed by atoms with E-state index in [0.29, 0.717) is 6.42 Å². The molecule has 10 nitrogen and oxygen atoms in total. The molecule has 1 amide bonds. The molecule has 0 unspecified atom stereocenters. The first-order chi connectivity index (χ1) is 17.7. The van der Waals surface area contributed by atoms with E-state index in [4.69, 9.17) is 18.3 Å². The van der Waals surface area contributed by atoms with Crippen molar-refractivity contribution in [2.24, 2.45) is 0 Å². The number of ether oxygens (including phenoxy) is 2. The number of nitrogens with zero attached hydrogens (tertiary/aromatic N) is 2. The summed E-state index contributed by atoms with van der Waals surface area (Å²) in [5, 5.41) is 2.30. The van der Waals surface area contributed by atoms with Gasteiger partial charge in [-0.2, -0.15) is 4.98 Å². The van der Waals surface area contributed by atoms with Crippen LogP contribution in [0.1, 0.15) is 61.1 Å². The molecule has 0 radical (unpaired) electrons. The zero-order valence-corrected chi connectivity index (χ0v) is 27.2. The van der Waals surface area contributed by atoms with Crippen LogP contribution in [-0.4, -0.2) is 62.5 Å². The van der Waals surface area contributed by atoms with Crippen LogP contribution in [0.15, 0.2) is 29.2 Å². The summed E-state index contributed by atoms with van der Waals surface area (Å²) in [5.74, 6) is -0.615. The fraction of sp³-hybridized carbons (Fsp3) is 0.704. The van der Waals surface area contributed by atoms with E-state index in [0.717, 1.165) is 0 Å². The molecule has 1 fully saturated rings. The summed E-state index contributed by atoms with van der Waals surface area (Å²) in [5.41, 5.74) is -0.595. The van der Waals surface area contributed by atoms with Gasteiger partial charge in [-0.25, -0.2) is 9.59 Å². The number of carbonyl (C=O) groups excluding carboxylic acids is 2. The van der Waals surface area contributed by atoms with Gasteiger partial charge in [-0.15, -0.1) is 0 Å². The average Bonchev–Trinajstić information content (AvgIpc) is 3.08. The minimum atomic E-state index is -2.41. The number of hydrogen-bond donors (Lipinski definition) is 1. The molecule has 218 valence electrons. The molecule has 0 spiro atoms. The lowest BCUT2D eigenvalue weighted by molar-refractivity contribution is -0.157. The zero-order valence-electron chi connectivity index (χ0n) is 25.2. The maximum absolute atomic E-state index is 13.3. The summed E-state index contributed by atoms with van der Waals surface area (Å²) >= 11 is 0. The van der Waals surface area contributed by atoms with Crippen molar-refractivity contribution in [3.8, 4) is 0 Å². The summed E-state index contributed by atoms with van der Waals surface area (Å²) in [6.07, 6.45) is 1.77. The number of aromatic nitrogens is 2. The lowest BCUT2D eigenvalue weighted by Gasteiger charge is -2.44. The van der Waals surface area contributed by atoms with Crippen LogP contribution in [0, 0.1) is 0 Å². The average molecular weight is 580 g/mol. The van der Waals surface area contributed by atoms with Gasteiger partial charge < -0.3 is 23.6 Å². The third kappa shape index (κ3) is 6.97. The molecule has 12 heteroatoms. The van der Waals surface area contributed by atoms with Gasteiger partial charge in [0.25, 0.3) is 0 Å². The van der Waals surface area contributed by atoms with Crippen molar-refractivity contribution in [2.45, 2.75) is 122 Å². The molecule has 0 aromatic carbocycles. The maximum Gasteiger partial charge on any atom is 0.351 e. The number of carbonyl (C=O) groups is 2. The monoisotopic (exact) mass is 579 g/mol. The number of anilines is 1. The normalized spacial score (nSPS) is 26.4. The molecule has 1 aromatic rings. The second-order valence-corrected chi connectivity index (χ2v) is 23.0. The highest BCUT2D eigenvalue weighted by Gasteiger charge is 2.56. The van der Waals surface area contributed by atoms with Gasteiger partial charge in [-0.05, 0) is 42.3 Å². The van der Waals surface area contributed by atoms with Crippen molar-refractivity contribution in [1.82, 2.24) is 9.55 Å². The van der Waals surface area contributed by atoms with Gasteiger partial charge in [0.2, 0.25) is 5.91 Å². The Labute approximate surface area is 233 Å². The highest BCUT2D eigenvalue weighted by Crippen LogP contribution is 2.46. The molecule has 1 aromatic heterocycles. The highest BCUT2D eigenvalue weighted by atomic mass is 28.4. The second-order valence-electron chi connectivity index (χ2n) is 13.5. The Balaban J connectivity index is 2.15. The van der Waals surface area contributed by atoms with Crippen LogP contribution in [0.2, 0.25) is 36.3 Å². The molecule has 2 aliphatic rings. The van der Waals surface area contributed by atoms with Crippen molar-refractivity contribution < 1.29 is 27.9 Å². The topological polar surface area (TPSA) is 118 Å². The van der Waals surface area contributed by atoms with E-state index in [2.05, 4.69) is 78.0 Å². The van der Waals surface area contributed by atoms with Crippen LogP contribution in [0.25, 0.3) is 0 Å². The number of hydrogen-bond acceptors (Lipinski definition) is 8. The first-order valence-corrected chi connectivity index (χ1v) is 19.3. The van der Waals surface area contributed by atoms with Crippen molar-refractivity contribution in [1.29, 1.82) is 0 Å². The van der Waals surface area contributed by atoms with E-state index in [1.807, 2.05) is 0 Å². The van der Waals surface area contributed by atoms with Crippen molar-refractivity contribution >= 4 is 34.3 Å². The molecule has 0 bridgehead atoms. The van der Waals surface area contributed by atoms with Crippen molar-refractivity contribution in [3.63, 3.8) is 0 Å². The van der Waals surface area contributed by atoms with Crippen LogP contribution >= 0.6 is 0 Å².